The number of likely N-dealkylation sites (tertiary alicyclic amines) is 1. The lowest BCUT2D eigenvalue weighted by Gasteiger charge is -2.36. The van der Waals surface area contributed by atoms with Gasteiger partial charge < -0.3 is 10.0 Å². The highest BCUT2D eigenvalue weighted by atomic mass is 32.2. The molecule has 1 saturated heterocycles. The highest BCUT2D eigenvalue weighted by Gasteiger charge is 2.30. The van der Waals surface area contributed by atoms with Gasteiger partial charge in [-0.05, 0) is 31.2 Å². The summed E-state index contributed by atoms with van der Waals surface area (Å²) < 4.78 is 26.4. The van der Waals surface area contributed by atoms with E-state index in [0.717, 1.165) is 17.8 Å². The number of sulfonamides is 1. The van der Waals surface area contributed by atoms with Crippen LogP contribution in [0.1, 0.15) is 26.2 Å². The quantitative estimate of drug-likeness (QED) is 0.835. The summed E-state index contributed by atoms with van der Waals surface area (Å²) in [6.07, 6.45) is 1.54. The van der Waals surface area contributed by atoms with Crippen LogP contribution in [-0.2, 0) is 14.8 Å². The van der Waals surface area contributed by atoms with Crippen LogP contribution in [0.15, 0.2) is 21.7 Å². The van der Waals surface area contributed by atoms with Crippen LogP contribution >= 0.6 is 11.3 Å². The molecule has 6 nitrogen and oxygen atoms in total. The molecule has 21 heavy (non-hydrogen) atoms. The zero-order valence-electron chi connectivity index (χ0n) is 11.9. The van der Waals surface area contributed by atoms with Crippen molar-refractivity contribution in [2.45, 2.75) is 36.0 Å². The SMILES string of the molecule is CC1(O)CCCN(C(=O)CCNS(=O)(=O)c2cccs2)C1. The zero-order valence-corrected chi connectivity index (χ0v) is 13.5. The molecule has 1 aromatic rings. The summed E-state index contributed by atoms with van der Waals surface area (Å²) in [5, 5.41) is 11.7. The van der Waals surface area contributed by atoms with E-state index in [2.05, 4.69) is 4.72 Å². The molecular formula is C13H20N2O4S2. The molecule has 2 rings (SSSR count). The Morgan fingerprint density at radius 3 is 2.95 bits per heavy atom. The van der Waals surface area contributed by atoms with Crippen molar-refractivity contribution in [1.29, 1.82) is 0 Å². The van der Waals surface area contributed by atoms with E-state index in [-0.39, 0.29) is 23.1 Å². The molecule has 1 atom stereocenters. The Morgan fingerprint density at radius 2 is 2.33 bits per heavy atom. The van der Waals surface area contributed by atoms with Crippen LogP contribution in [0.2, 0.25) is 0 Å². The van der Waals surface area contributed by atoms with Crippen molar-refractivity contribution in [2.24, 2.45) is 0 Å². The first-order chi connectivity index (χ1) is 9.80. The van der Waals surface area contributed by atoms with Gasteiger partial charge in [0.2, 0.25) is 15.9 Å². The number of carbonyl (C=O) groups is 1. The van der Waals surface area contributed by atoms with E-state index in [9.17, 15) is 18.3 Å². The standard InChI is InChI=1S/C13H20N2O4S2/c1-13(17)6-3-8-15(10-13)11(16)5-7-14-21(18,19)12-4-2-9-20-12/h2,4,9,14,17H,3,5-8,10H2,1H3. The number of carbonyl (C=O) groups excluding carboxylic acids is 1. The second-order valence-electron chi connectivity index (χ2n) is 5.50. The molecule has 118 valence electrons. The van der Waals surface area contributed by atoms with Crippen LogP contribution in [0.5, 0.6) is 0 Å². The topological polar surface area (TPSA) is 86.7 Å². The van der Waals surface area contributed by atoms with Crippen molar-refractivity contribution in [3.8, 4) is 0 Å². The molecule has 0 radical (unpaired) electrons. The first kappa shape index (κ1) is 16.4. The fraction of sp³-hybridized carbons (Fsp3) is 0.615. The van der Waals surface area contributed by atoms with E-state index in [1.807, 2.05) is 0 Å². The molecule has 2 N–H and O–H groups in total. The molecule has 2 heterocycles. The average Bonchev–Trinajstić information content (AvgIpc) is 2.91. The normalized spacial score (nSPS) is 23.2. The number of piperidine rings is 1. The Morgan fingerprint density at radius 1 is 1.57 bits per heavy atom. The third-order valence-corrected chi connectivity index (χ3v) is 6.28. The summed E-state index contributed by atoms with van der Waals surface area (Å²) in [4.78, 5) is 13.6. The van der Waals surface area contributed by atoms with Gasteiger partial charge in [0.15, 0.2) is 0 Å². The summed E-state index contributed by atoms with van der Waals surface area (Å²) >= 11 is 1.14. The molecule has 1 aliphatic heterocycles. The minimum atomic E-state index is -3.52. The molecule has 1 aliphatic rings. The summed E-state index contributed by atoms with van der Waals surface area (Å²) in [7, 11) is -3.52. The summed E-state index contributed by atoms with van der Waals surface area (Å²) in [6.45, 7) is 2.71. The van der Waals surface area contributed by atoms with Crippen LogP contribution in [0.4, 0.5) is 0 Å². The van der Waals surface area contributed by atoms with Crippen molar-refractivity contribution in [3.63, 3.8) is 0 Å². The largest absolute Gasteiger partial charge is 0.388 e. The Kier molecular flexibility index (Phi) is 5.03. The molecule has 0 aliphatic carbocycles. The zero-order chi connectivity index (χ0) is 15.5. The van der Waals surface area contributed by atoms with Gasteiger partial charge in [0.05, 0.1) is 5.60 Å². The summed E-state index contributed by atoms with van der Waals surface area (Å²) in [5.41, 5.74) is -0.843. The molecule has 0 spiro atoms. The monoisotopic (exact) mass is 332 g/mol. The maximum Gasteiger partial charge on any atom is 0.250 e. The van der Waals surface area contributed by atoms with E-state index >= 15 is 0 Å². The lowest BCUT2D eigenvalue weighted by Crippen LogP contribution is -2.49. The van der Waals surface area contributed by atoms with Crippen molar-refractivity contribution < 1.29 is 18.3 Å². The van der Waals surface area contributed by atoms with Crippen LogP contribution in [0.25, 0.3) is 0 Å². The summed E-state index contributed by atoms with van der Waals surface area (Å²) in [5.74, 6) is -0.135. The highest BCUT2D eigenvalue weighted by Crippen LogP contribution is 2.20. The Balaban J connectivity index is 1.82. The lowest BCUT2D eigenvalue weighted by atomic mass is 9.95. The van der Waals surface area contributed by atoms with Crippen LogP contribution in [0, 0.1) is 0 Å². The molecular weight excluding hydrogens is 312 g/mol. The molecule has 1 fully saturated rings. The van der Waals surface area contributed by atoms with Gasteiger partial charge in [0.25, 0.3) is 0 Å². The molecule has 0 aromatic carbocycles. The van der Waals surface area contributed by atoms with E-state index in [0.29, 0.717) is 19.5 Å². The van der Waals surface area contributed by atoms with Crippen LogP contribution in [0.3, 0.4) is 0 Å². The second kappa shape index (κ2) is 6.43. The van der Waals surface area contributed by atoms with E-state index < -0.39 is 15.6 Å². The molecule has 8 heteroatoms. The molecule has 1 unspecified atom stereocenters. The number of hydrogen-bond acceptors (Lipinski definition) is 5. The average molecular weight is 332 g/mol. The fourth-order valence-electron chi connectivity index (χ4n) is 2.37. The fourth-order valence-corrected chi connectivity index (χ4v) is 4.44. The van der Waals surface area contributed by atoms with Crippen molar-refractivity contribution in [1.82, 2.24) is 9.62 Å². The van der Waals surface area contributed by atoms with Gasteiger partial charge in [-0.15, -0.1) is 11.3 Å². The second-order valence-corrected chi connectivity index (χ2v) is 8.44. The number of aliphatic hydroxyl groups is 1. The number of nitrogens with one attached hydrogen (secondary N) is 1. The van der Waals surface area contributed by atoms with E-state index in [1.54, 1.807) is 23.3 Å². The van der Waals surface area contributed by atoms with Gasteiger partial charge in [-0.3, -0.25) is 4.79 Å². The van der Waals surface area contributed by atoms with Crippen molar-refractivity contribution in [2.75, 3.05) is 19.6 Å². The minimum Gasteiger partial charge on any atom is -0.388 e. The number of amides is 1. The molecule has 0 bridgehead atoms. The van der Waals surface area contributed by atoms with Gasteiger partial charge in [0.1, 0.15) is 4.21 Å². The summed E-state index contributed by atoms with van der Waals surface area (Å²) in [6, 6.07) is 3.19. The van der Waals surface area contributed by atoms with Crippen molar-refractivity contribution >= 4 is 27.3 Å². The van der Waals surface area contributed by atoms with Crippen molar-refractivity contribution in [3.05, 3.63) is 17.5 Å². The molecule has 1 aromatic heterocycles. The van der Waals surface area contributed by atoms with E-state index in [1.165, 1.54) is 6.07 Å². The Labute approximate surface area is 128 Å². The van der Waals surface area contributed by atoms with Gasteiger partial charge in [-0.25, -0.2) is 13.1 Å². The number of rotatable bonds is 5. The van der Waals surface area contributed by atoms with Gasteiger partial charge in [-0.2, -0.15) is 0 Å². The highest BCUT2D eigenvalue weighted by molar-refractivity contribution is 7.91. The predicted octanol–water partition coefficient (Wildman–Crippen LogP) is 0.790. The van der Waals surface area contributed by atoms with Gasteiger partial charge in [0, 0.05) is 26.1 Å². The number of β-amino-alcohol motifs (C(OH)–C–C–N with tert-alkyl or cyclic N) is 1. The number of thiophene rings is 1. The maximum absolute atomic E-state index is 12.0. The third kappa shape index (κ3) is 4.50. The lowest BCUT2D eigenvalue weighted by molar-refractivity contribution is -0.137. The van der Waals surface area contributed by atoms with Crippen LogP contribution in [-0.4, -0.2) is 49.6 Å². The number of hydrogen-bond donors (Lipinski definition) is 2. The Bertz CT molecular complexity index is 581. The van der Waals surface area contributed by atoms with Crippen LogP contribution < -0.4 is 4.72 Å². The predicted molar refractivity (Wildman–Crippen MR) is 80.6 cm³/mol. The third-order valence-electron chi connectivity index (χ3n) is 3.42. The van der Waals surface area contributed by atoms with Gasteiger partial charge in [-0.1, -0.05) is 6.07 Å². The van der Waals surface area contributed by atoms with E-state index in [4.69, 9.17) is 0 Å². The minimum absolute atomic E-state index is 0.0672. The Hall–Kier alpha value is -0.960. The molecule has 1 amide bonds. The number of nitrogens with zero attached hydrogens (tertiary/aromatic N) is 1. The first-order valence-corrected chi connectivity index (χ1v) is 9.20. The maximum atomic E-state index is 12.0. The van der Waals surface area contributed by atoms with Gasteiger partial charge >= 0.3 is 0 Å². The molecule has 0 saturated carbocycles. The smallest absolute Gasteiger partial charge is 0.250 e. The first-order valence-electron chi connectivity index (χ1n) is 6.83.